The quantitative estimate of drug-likeness (QED) is 0.550. The smallest absolute Gasteiger partial charge is 0.339 e. The third-order valence-electron chi connectivity index (χ3n) is 3.78. The zero-order chi connectivity index (χ0) is 19.6. The second-order valence-corrected chi connectivity index (χ2v) is 5.67. The summed E-state index contributed by atoms with van der Waals surface area (Å²) in [5, 5.41) is 5.45. The minimum absolute atomic E-state index is 0.250. The molecule has 2 rings (SSSR count). The first-order valence-corrected chi connectivity index (χ1v) is 8.42. The Morgan fingerprint density at radius 1 is 0.926 bits per heavy atom. The van der Waals surface area contributed by atoms with Crippen molar-refractivity contribution in [3.63, 3.8) is 0 Å². The summed E-state index contributed by atoms with van der Waals surface area (Å²) in [7, 11) is 2.87. The minimum atomic E-state index is -0.546. The minimum Gasteiger partial charge on any atom is -0.465 e. The molecule has 0 heterocycles. The van der Waals surface area contributed by atoms with Crippen molar-refractivity contribution in [3.05, 3.63) is 65.2 Å². The van der Waals surface area contributed by atoms with Crippen LogP contribution in [0.25, 0.3) is 0 Å². The van der Waals surface area contributed by atoms with Crippen LogP contribution in [0.5, 0.6) is 0 Å². The van der Waals surface area contributed by atoms with E-state index in [0.717, 1.165) is 0 Å². The van der Waals surface area contributed by atoms with E-state index in [9.17, 15) is 14.4 Å². The first-order valence-electron chi connectivity index (χ1n) is 8.42. The SMILES string of the molecule is COCCCNC(=O)c1cccc(C(=O)Nc2ccccc2C(=O)OC)c1. The van der Waals surface area contributed by atoms with Gasteiger partial charge in [-0.25, -0.2) is 4.79 Å². The summed E-state index contributed by atoms with van der Waals surface area (Å²) in [4.78, 5) is 36.5. The fraction of sp³-hybridized carbons (Fsp3) is 0.250. The molecule has 0 saturated heterocycles. The molecule has 0 aliphatic carbocycles. The predicted molar refractivity (Wildman–Crippen MR) is 101 cm³/mol. The van der Waals surface area contributed by atoms with E-state index in [2.05, 4.69) is 10.6 Å². The van der Waals surface area contributed by atoms with Crippen LogP contribution >= 0.6 is 0 Å². The maximum Gasteiger partial charge on any atom is 0.339 e. The van der Waals surface area contributed by atoms with E-state index in [1.807, 2.05) is 0 Å². The average Bonchev–Trinajstić information content (AvgIpc) is 2.71. The van der Waals surface area contributed by atoms with Gasteiger partial charge in [0, 0.05) is 31.4 Å². The molecule has 7 nitrogen and oxygen atoms in total. The Morgan fingerprint density at radius 2 is 1.63 bits per heavy atom. The number of rotatable bonds is 8. The van der Waals surface area contributed by atoms with Crippen LogP contribution in [-0.2, 0) is 9.47 Å². The third kappa shape index (κ3) is 5.65. The monoisotopic (exact) mass is 370 g/mol. The van der Waals surface area contributed by atoms with Crippen LogP contribution in [0, 0.1) is 0 Å². The summed E-state index contributed by atoms with van der Waals surface area (Å²) in [6, 6.07) is 12.9. The maximum absolute atomic E-state index is 12.5. The summed E-state index contributed by atoms with van der Waals surface area (Å²) >= 11 is 0. The highest BCUT2D eigenvalue weighted by molar-refractivity contribution is 6.09. The van der Waals surface area contributed by atoms with Crippen molar-refractivity contribution in [2.75, 3.05) is 32.7 Å². The molecule has 2 aromatic carbocycles. The van der Waals surface area contributed by atoms with Crippen molar-refractivity contribution in [2.24, 2.45) is 0 Å². The van der Waals surface area contributed by atoms with Gasteiger partial charge in [0.2, 0.25) is 0 Å². The zero-order valence-electron chi connectivity index (χ0n) is 15.3. The summed E-state index contributed by atoms with van der Waals surface area (Å²) < 4.78 is 9.65. The summed E-state index contributed by atoms with van der Waals surface area (Å²) in [5.74, 6) is -1.24. The molecule has 0 aliphatic heterocycles. The molecule has 0 aliphatic rings. The molecule has 0 saturated carbocycles. The predicted octanol–water partition coefficient (Wildman–Crippen LogP) is 2.49. The molecule has 0 atom stereocenters. The highest BCUT2D eigenvalue weighted by atomic mass is 16.5. The van der Waals surface area contributed by atoms with Crippen LogP contribution in [0.2, 0.25) is 0 Å². The number of hydrogen-bond acceptors (Lipinski definition) is 5. The second kappa shape index (κ2) is 10.1. The number of methoxy groups -OCH3 is 2. The number of hydrogen-bond donors (Lipinski definition) is 2. The molecule has 2 aromatic rings. The fourth-order valence-electron chi connectivity index (χ4n) is 2.40. The van der Waals surface area contributed by atoms with Crippen LogP contribution in [0.1, 0.15) is 37.5 Å². The van der Waals surface area contributed by atoms with Gasteiger partial charge in [-0.05, 0) is 36.8 Å². The van der Waals surface area contributed by atoms with Crippen LogP contribution < -0.4 is 10.6 Å². The molecule has 2 amide bonds. The number of anilines is 1. The van der Waals surface area contributed by atoms with Crippen LogP contribution in [0.15, 0.2) is 48.5 Å². The standard InChI is InChI=1S/C20H22N2O5/c1-26-12-6-11-21-18(23)14-7-5-8-15(13-14)19(24)22-17-10-4-3-9-16(17)20(25)27-2/h3-5,7-10,13H,6,11-12H2,1-2H3,(H,21,23)(H,22,24). The average molecular weight is 370 g/mol. The Bertz CT molecular complexity index is 820. The Kier molecular flexibility index (Phi) is 7.51. The van der Waals surface area contributed by atoms with E-state index in [0.29, 0.717) is 36.4 Å². The van der Waals surface area contributed by atoms with E-state index in [-0.39, 0.29) is 11.5 Å². The van der Waals surface area contributed by atoms with E-state index < -0.39 is 11.9 Å². The Morgan fingerprint density at radius 3 is 2.33 bits per heavy atom. The number of esters is 1. The van der Waals surface area contributed by atoms with Gasteiger partial charge in [0.25, 0.3) is 11.8 Å². The second-order valence-electron chi connectivity index (χ2n) is 5.67. The number of benzene rings is 2. The molecule has 0 spiro atoms. The lowest BCUT2D eigenvalue weighted by atomic mass is 10.1. The van der Waals surface area contributed by atoms with Crippen LogP contribution in [0.4, 0.5) is 5.69 Å². The number of carbonyl (C=O) groups is 3. The Hall–Kier alpha value is -3.19. The van der Waals surface area contributed by atoms with E-state index in [1.165, 1.54) is 13.2 Å². The summed E-state index contributed by atoms with van der Waals surface area (Å²) in [6.45, 7) is 1.04. The Labute approximate surface area is 157 Å². The van der Waals surface area contributed by atoms with E-state index >= 15 is 0 Å². The van der Waals surface area contributed by atoms with E-state index in [4.69, 9.17) is 9.47 Å². The van der Waals surface area contributed by atoms with Gasteiger partial charge >= 0.3 is 5.97 Å². The Balaban J connectivity index is 2.10. The first-order chi connectivity index (χ1) is 13.1. The van der Waals surface area contributed by atoms with Gasteiger partial charge < -0.3 is 20.1 Å². The topological polar surface area (TPSA) is 93.7 Å². The first kappa shape index (κ1) is 20.1. The van der Waals surface area contributed by atoms with Gasteiger partial charge in [0.15, 0.2) is 0 Å². The van der Waals surface area contributed by atoms with E-state index in [1.54, 1.807) is 49.6 Å². The molecule has 0 aromatic heterocycles. The maximum atomic E-state index is 12.5. The number of ether oxygens (including phenoxy) is 2. The van der Waals surface area contributed by atoms with Gasteiger partial charge in [0.05, 0.1) is 18.4 Å². The molecule has 0 radical (unpaired) electrons. The van der Waals surface area contributed by atoms with Gasteiger partial charge in [-0.2, -0.15) is 0 Å². The molecule has 0 fully saturated rings. The molecule has 27 heavy (non-hydrogen) atoms. The molecule has 0 bridgehead atoms. The normalized spacial score (nSPS) is 10.1. The highest BCUT2D eigenvalue weighted by Gasteiger charge is 2.15. The van der Waals surface area contributed by atoms with Crippen molar-refractivity contribution >= 4 is 23.5 Å². The lowest BCUT2D eigenvalue weighted by molar-refractivity contribution is 0.0601. The van der Waals surface area contributed by atoms with Crippen LogP contribution in [-0.4, -0.2) is 45.2 Å². The third-order valence-corrected chi connectivity index (χ3v) is 3.78. The molecular weight excluding hydrogens is 348 g/mol. The van der Waals surface area contributed by atoms with Gasteiger partial charge in [-0.1, -0.05) is 18.2 Å². The van der Waals surface area contributed by atoms with Gasteiger partial charge in [-0.3, -0.25) is 9.59 Å². The van der Waals surface area contributed by atoms with Crippen molar-refractivity contribution in [1.82, 2.24) is 5.32 Å². The molecular formula is C20H22N2O5. The van der Waals surface area contributed by atoms with Gasteiger partial charge in [0.1, 0.15) is 0 Å². The number of amides is 2. The number of para-hydroxylation sites is 1. The summed E-state index contributed by atoms with van der Waals surface area (Å²) in [6.07, 6.45) is 0.701. The fourth-order valence-corrected chi connectivity index (χ4v) is 2.40. The van der Waals surface area contributed by atoms with Gasteiger partial charge in [-0.15, -0.1) is 0 Å². The molecule has 7 heteroatoms. The van der Waals surface area contributed by atoms with Crippen molar-refractivity contribution in [2.45, 2.75) is 6.42 Å². The zero-order valence-corrected chi connectivity index (χ0v) is 15.3. The molecule has 2 N–H and O–H groups in total. The number of carbonyl (C=O) groups excluding carboxylic acids is 3. The highest BCUT2D eigenvalue weighted by Crippen LogP contribution is 2.17. The summed E-state index contributed by atoms with van der Waals surface area (Å²) in [5.41, 5.74) is 1.27. The largest absolute Gasteiger partial charge is 0.465 e. The lowest BCUT2D eigenvalue weighted by Gasteiger charge is -2.10. The van der Waals surface area contributed by atoms with Crippen LogP contribution in [0.3, 0.4) is 0 Å². The van der Waals surface area contributed by atoms with Crippen molar-refractivity contribution in [1.29, 1.82) is 0 Å². The van der Waals surface area contributed by atoms with Crippen molar-refractivity contribution < 1.29 is 23.9 Å². The molecule has 142 valence electrons. The number of nitrogens with one attached hydrogen (secondary N) is 2. The molecule has 0 unspecified atom stereocenters. The van der Waals surface area contributed by atoms with Crippen molar-refractivity contribution in [3.8, 4) is 0 Å². The lowest BCUT2D eigenvalue weighted by Crippen LogP contribution is -2.25.